The molecule has 0 unspecified atom stereocenters. The Hall–Kier alpha value is -1.09. The number of allylic oxidation sites excluding steroid dienone is 2. The quantitative estimate of drug-likeness (QED) is 0.467. The van der Waals surface area contributed by atoms with Crippen molar-refractivity contribution in [1.82, 2.24) is 6.15 Å². The molecule has 0 aliphatic rings. The maximum Gasteiger partial charge on any atom is 0.330 e. The fourth-order valence-electron chi connectivity index (χ4n) is 0.347. The van der Waals surface area contributed by atoms with E-state index in [9.17, 15) is 4.79 Å². The molecule has 0 radical (unpaired) electrons. The minimum absolute atomic E-state index is 0. The van der Waals surface area contributed by atoms with Crippen LogP contribution in [0.3, 0.4) is 0 Å². The fourth-order valence-corrected chi connectivity index (χ4v) is 0.347. The van der Waals surface area contributed by atoms with Crippen molar-refractivity contribution in [2.45, 2.75) is 13.3 Å². The number of carbonyl (C=O) groups is 1. The average Bonchev–Trinajstić information content (AvgIpc) is 1.82. The maximum absolute atomic E-state index is 10.1. The van der Waals surface area contributed by atoms with E-state index in [-0.39, 0.29) is 6.15 Å². The van der Waals surface area contributed by atoms with Crippen molar-refractivity contribution >= 4 is 5.97 Å². The Labute approximate surface area is 60.6 Å². The van der Waals surface area contributed by atoms with Crippen molar-refractivity contribution < 1.29 is 9.90 Å². The molecule has 3 nitrogen and oxygen atoms in total. The summed E-state index contributed by atoms with van der Waals surface area (Å²) in [7, 11) is 0. The van der Waals surface area contributed by atoms with Gasteiger partial charge in [0.05, 0.1) is 0 Å². The summed E-state index contributed by atoms with van der Waals surface area (Å²) >= 11 is 0. The zero-order valence-electron chi connectivity index (χ0n) is 6.13. The first-order valence-corrected chi connectivity index (χ1v) is 2.69. The molecule has 0 rings (SSSR count). The Morgan fingerprint density at radius 3 is 2.50 bits per heavy atom. The van der Waals surface area contributed by atoms with Crippen LogP contribution in [-0.2, 0) is 4.79 Å². The smallest absolute Gasteiger partial charge is 0.330 e. The molecular weight excluding hydrogens is 130 g/mol. The molecule has 0 aromatic rings. The summed E-state index contributed by atoms with van der Waals surface area (Å²) in [6.07, 6.45) is 3.90. The molecule has 0 saturated heterocycles. The first-order valence-electron chi connectivity index (χ1n) is 2.69. The van der Waals surface area contributed by atoms with Crippen LogP contribution in [0.4, 0.5) is 0 Å². The summed E-state index contributed by atoms with van der Waals surface area (Å²) in [4.78, 5) is 10.1. The number of carboxylic acid groups (broad SMARTS) is 1. The van der Waals surface area contributed by atoms with Gasteiger partial charge in [-0.15, -0.1) is 6.58 Å². The predicted molar refractivity (Wildman–Crippen MR) is 41.2 cm³/mol. The van der Waals surface area contributed by atoms with E-state index in [2.05, 4.69) is 6.58 Å². The molecule has 0 aromatic heterocycles. The molecule has 0 aromatic carbocycles. The SMILES string of the molecule is C=CC/C=C(\C)C(=O)O.N. The minimum Gasteiger partial charge on any atom is -0.478 e. The van der Waals surface area contributed by atoms with Crippen LogP contribution in [0.25, 0.3) is 0 Å². The van der Waals surface area contributed by atoms with Gasteiger partial charge in [-0.05, 0) is 13.3 Å². The van der Waals surface area contributed by atoms with E-state index in [4.69, 9.17) is 5.11 Å². The van der Waals surface area contributed by atoms with Crippen molar-refractivity contribution in [1.29, 1.82) is 0 Å². The van der Waals surface area contributed by atoms with Crippen molar-refractivity contribution in [2.24, 2.45) is 0 Å². The number of aliphatic carboxylic acids is 1. The summed E-state index contributed by atoms with van der Waals surface area (Å²) in [5.74, 6) is -0.864. The van der Waals surface area contributed by atoms with Crippen LogP contribution in [-0.4, -0.2) is 11.1 Å². The van der Waals surface area contributed by atoms with Gasteiger partial charge in [0, 0.05) is 5.57 Å². The Bertz CT molecular complexity index is 150. The van der Waals surface area contributed by atoms with Gasteiger partial charge in [-0.1, -0.05) is 12.2 Å². The monoisotopic (exact) mass is 143 g/mol. The van der Waals surface area contributed by atoms with E-state index in [1.54, 1.807) is 19.1 Å². The largest absolute Gasteiger partial charge is 0.478 e. The van der Waals surface area contributed by atoms with Crippen molar-refractivity contribution in [2.75, 3.05) is 0 Å². The third kappa shape index (κ3) is 5.05. The molecule has 58 valence electrons. The Balaban J connectivity index is 0. The van der Waals surface area contributed by atoms with E-state index in [0.29, 0.717) is 12.0 Å². The van der Waals surface area contributed by atoms with Crippen LogP contribution in [0, 0.1) is 0 Å². The lowest BCUT2D eigenvalue weighted by atomic mass is 10.2. The number of hydrogen-bond donors (Lipinski definition) is 2. The zero-order valence-corrected chi connectivity index (χ0v) is 6.13. The van der Waals surface area contributed by atoms with Gasteiger partial charge in [-0.3, -0.25) is 0 Å². The van der Waals surface area contributed by atoms with Crippen molar-refractivity contribution in [3.8, 4) is 0 Å². The second kappa shape index (κ2) is 6.04. The third-order valence-corrected chi connectivity index (χ3v) is 0.928. The molecule has 0 aliphatic carbocycles. The van der Waals surface area contributed by atoms with Crippen molar-refractivity contribution in [3.63, 3.8) is 0 Å². The summed E-state index contributed by atoms with van der Waals surface area (Å²) in [6.45, 7) is 5.02. The summed E-state index contributed by atoms with van der Waals surface area (Å²) < 4.78 is 0. The van der Waals surface area contributed by atoms with Gasteiger partial charge in [0.15, 0.2) is 0 Å². The highest BCUT2D eigenvalue weighted by Crippen LogP contribution is 1.94. The first-order chi connectivity index (χ1) is 4.18. The highest BCUT2D eigenvalue weighted by atomic mass is 16.4. The lowest BCUT2D eigenvalue weighted by Crippen LogP contribution is -1.94. The molecule has 0 saturated carbocycles. The molecule has 10 heavy (non-hydrogen) atoms. The van der Waals surface area contributed by atoms with Gasteiger partial charge in [0.2, 0.25) is 0 Å². The van der Waals surface area contributed by atoms with Gasteiger partial charge in [-0.25, -0.2) is 4.79 Å². The standard InChI is InChI=1S/C7H10O2.H3N/c1-3-4-5-6(2)7(8)9;/h3,5H,1,4H2,2H3,(H,8,9);1H3/b6-5+;. The normalized spacial score (nSPS) is 9.90. The topological polar surface area (TPSA) is 72.3 Å². The Morgan fingerprint density at radius 1 is 1.70 bits per heavy atom. The van der Waals surface area contributed by atoms with E-state index in [1.165, 1.54) is 0 Å². The molecule has 0 heterocycles. The van der Waals surface area contributed by atoms with Gasteiger partial charge in [-0.2, -0.15) is 0 Å². The molecule has 0 atom stereocenters. The molecule has 3 heteroatoms. The average molecular weight is 143 g/mol. The van der Waals surface area contributed by atoms with Crippen LogP contribution in [0.5, 0.6) is 0 Å². The number of hydrogen-bond acceptors (Lipinski definition) is 2. The fraction of sp³-hybridized carbons (Fsp3) is 0.286. The summed E-state index contributed by atoms with van der Waals surface area (Å²) in [5, 5.41) is 8.31. The van der Waals surface area contributed by atoms with E-state index < -0.39 is 5.97 Å². The molecule has 0 fully saturated rings. The lowest BCUT2D eigenvalue weighted by molar-refractivity contribution is -0.132. The number of rotatable bonds is 3. The van der Waals surface area contributed by atoms with Gasteiger partial charge in [0.1, 0.15) is 0 Å². The molecule has 0 aliphatic heterocycles. The second-order valence-electron chi connectivity index (χ2n) is 1.72. The predicted octanol–water partition coefficient (Wildman–Crippen LogP) is 1.76. The summed E-state index contributed by atoms with van der Waals surface area (Å²) in [5.41, 5.74) is 0.370. The zero-order chi connectivity index (χ0) is 7.28. The van der Waals surface area contributed by atoms with Crippen molar-refractivity contribution in [3.05, 3.63) is 24.3 Å². The molecular formula is C7H13NO2. The van der Waals surface area contributed by atoms with Gasteiger partial charge in [0.25, 0.3) is 0 Å². The summed E-state index contributed by atoms with van der Waals surface area (Å²) in [6, 6.07) is 0. The first kappa shape index (κ1) is 11.7. The lowest BCUT2D eigenvalue weighted by Gasteiger charge is -1.87. The third-order valence-electron chi connectivity index (χ3n) is 0.928. The highest BCUT2D eigenvalue weighted by molar-refractivity contribution is 5.85. The Morgan fingerprint density at radius 2 is 2.20 bits per heavy atom. The van der Waals surface area contributed by atoms with Crippen LogP contribution >= 0.6 is 0 Å². The van der Waals surface area contributed by atoms with Crippen LogP contribution in [0.1, 0.15) is 13.3 Å². The second-order valence-corrected chi connectivity index (χ2v) is 1.72. The Kier molecular flexibility index (Phi) is 7.05. The van der Waals surface area contributed by atoms with E-state index >= 15 is 0 Å². The van der Waals surface area contributed by atoms with Crippen LogP contribution in [0.2, 0.25) is 0 Å². The molecule has 4 N–H and O–H groups in total. The molecule has 0 amide bonds. The van der Waals surface area contributed by atoms with Crippen LogP contribution in [0.15, 0.2) is 24.3 Å². The number of carboxylic acids is 1. The maximum atomic E-state index is 10.1. The van der Waals surface area contributed by atoms with E-state index in [0.717, 1.165) is 0 Å². The molecule has 0 bridgehead atoms. The van der Waals surface area contributed by atoms with Gasteiger partial charge >= 0.3 is 5.97 Å². The highest BCUT2D eigenvalue weighted by Gasteiger charge is 1.95. The molecule has 0 spiro atoms. The van der Waals surface area contributed by atoms with E-state index in [1.807, 2.05) is 0 Å². The minimum atomic E-state index is -0.864. The van der Waals surface area contributed by atoms with Gasteiger partial charge < -0.3 is 11.3 Å². The van der Waals surface area contributed by atoms with Crippen LogP contribution < -0.4 is 6.15 Å².